The zero-order valence-electron chi connectivity index (χ0n) is 14.6. The summed E-state index contributed by atoms with van der Waals surface area (Å²) in [5.74, 6) is 1.33. The molecule has 26 heavy (non-hydrogen) atoms. The fraction of sp³-hybridized carbons (Fsp3) is 0.350. The first-order valence-corrected chi connectivity index (χ1v) is 8.91. The molecule has 3 aliphatic carbocycles. The van der Waals surface area contributed by atoms with Crippen molar-refractivity contribution in [2.24, 2.45) is 18.4 Å². The van der Waals surface area contributed by atoms with E-state index in [-0.39, 0.29) is 17.9 Å². The highest BCUT2D eigenvalue weighted by Crippen LogP contribution is 2.64. The molecule has 3 saturated carbocycles. The van der Waals surface area contributed by atoms with Crippen molar-refractivity contribution in [2.45, 2.75) is 25.9 Å². The predicted molar refractivity (Wildman–Crippen MR) is 98.3 cm³/mol. The number of aryl methyl sites for hydroxylation is 1. The van der Waals surface area contributed by atoms with E-state index in [2.05, 4.69) is 15.4 Å². The van der Waals surface area contributed by atoms with Gasteiger partial charge in [0.15, 0.2) is 0 Å². The number of hydrogen-bond acceptors (Lipinski definition) is 4. The van der Waals surface area contributed by atoms with Crippen molar-refractivity contribution in [1.29, 1.82) is 0 Å². The van der Waals surface area contributed by atoms with Crippen LogP contribution in [-0.2, 0) is 18.4 Å². The van der Waals surface area contributed by atoms with Gasteiger partial charge in [0.1, 0.15) is 5.82 Å². The van der Waals surface area contributed by atoms with Gasteiger partial charge in [-0.15, -0.1) is 0 Å². The van der Waals surface area contributed by atoms with E-state index in [0.29, 0.717) is 11.5 Å². The molecule has 1 amide bonds. The molecular formula is C20H20N4O2. The molecule has 0 aliphatic heterocycles. The van der Waals surface area contributed by atoms with E-state index in [0.717, 1.165) is 47.1 Å². The summed E-state index contributed by atoms with van der Waals surface area (Å²) >= 11 is 0. The Morgan fingerprint density at radius 3 is 2.73 bits per heavy atom. The number of anilines is 1. The lowest BCUT2D eigenvalue weighted by Gasteiger charge is -2.59. The van der Waals surface area contributed by atoms with Crippen LogP contribution in [-0.4, -0.2) is 25.8 Å². The summed E-state index contributed by atoms with van der Waals surface area (Å²) in [4.78, 5) is 17.0. The second-order valence-electron chi connectivity index (χ2n) is 7.66. The summed E-state index contributed by atoms with van der Waals surface area (Å²) < 4.78 is 1.76. The standard InChI is InChI=1S/C20H20N4O2/c1-24-10-15(9-21-24)13-2-3-16-14(4-13)5-18(22-17(16)11-25)23-19(26)20-6-12(7-20)8-20/h2-5,9-10,12,25H,6-8,11H2,1H3,(H,22,23,26). The van der Waals surface area contributed by atoms with Gasteiger partial charge < -0.3 is 10.4 Å². The molecule has 6 heteroatoms. The molecule has 0 saturated heterocycles. The van der Waals surface area contributed by atoms with Crippen molar-refractivity contribution in [3.05, 3.63) is 42.4 Å². The van der Waals surface area contributed by atoms with Crippen LogP contribution < -0.4 is 5.32 Å². The van der Waals surface area contributed by atoms with Crippen LogP contribution in [0.5, 0.6) is 0 Å². The van der Waals surface area contributed by atoms with Gasteiger partial charge in [-0.1, -0.05) is 12.1 Å². The molecule has 2 bridgehead atoms. The minimum atomic E-state index is -0.167. The van der Waals surface area contributed by atoms with Gasteiger partial charge in [-0.05, 0) is 48.3 Å². The third-order valence-electron chi connectivity index (χ3n) is 5.86. The highest BCUT2D eigenvalue weighted by atomic mass is 16.3. The average Bonchev–Trinajstić information content (AvgIpc) is 2.97. The molecule has 6 rings (SSSR count). The third kappa shape index (κ3) is 2.25. The number of amides is 1. The maximum absolute atomic E-state index is 12.6. The van der Waals surface area contributed by atoms with Gasteiger partial charge in [-0.2, -0.15) is 5.10 Å². The van der Waals surface area contributed by atoms with Crippen LogP contribution >= 0.6 is 0 Å². The Morgan fingerprint density at radius 1 is 1.31 bits per heavy atom. The van der Waals surface area contributed by atoms with Crippen molar-refractivity contribution in [3.63, 3.8) is 0 Å². The monoisotopic (exact) mass is 348 g/mol. The second-order valence-corrected chi connectivity index (χ2v) is 7.66. The molecule has 0 unspecified atom stereocenters. The summed E-state index contributed by atoms with van der Waals surface area (Å²) in [6.45, 7) is -0.167. The van der Waals surface area contributed by atoms with Crippen LogP contribution in [0.1, 0.15) is 25.0 Å². The second kappa shape index (κ2) is 5.38. The van der Waals surface area contributed by atoms with Gasteiger partial charge >= 0.3 is 0 Å². The van der Waals surface area contributed by atoms with E-state index >= 15 is 0 Å². The van der Waals surface area contributed by atoms with Gasteiger partial charge in [0.2, 0.25) is 5.91 Å². The molecule has 3 aromatic rings. The number of fused-ring (bicyclic) bond motifs is 1. The summed E-state index contributed by atoms with van der Waals surface area (Å²) in [5.41, 5.74) is 2.49. The van der Waals surface area contributed by atoms with Gasteiger partial charge in [0.05, 0.1) is 23.9 Å². The summed E-state index contributed by atoms with van der Waals surface area (Å²) in [5, 5.41) is 18.7. The maximum Gasteiger partial charge on any atom is 0.231 e. The molecule has 0 radical (unpaired) electrons. The molecule has 2 heterocycles. The number of benzene rings is 1. The maximum atomic E-state index is 12.6. The molecule has 3 aliphatic rings. The summed E-state index contributed by atoms with van der Waals surface area (Å²) in [6.07, 6.45) is 6.79. The molecule has 0 spiro atoms. The fourth-order valence-electron chi connectivity index (χ4n) is 4.27. The highest BCUT2D eigenvalue weighted by Gasteiger charge is 2.61. The third-order valence-corrected chi connectivity index (χ3v) is 5.86. The lowest BCUT2D eigenvalue weighted by atomic mass is 9.44. The fourth-order valence-corrected chi connectivity index (χ4v) is 4.27. The number of pyridine rings is 1. The number of aliphatic hydroxyl groups excluding tert-OH is 1. The number of aromatic nitrogens is 3. The van der Waals surface area contributed by atoms with E-state index in [4.69, 9.17) is 0 Å². The van der Waals surface area contributed by atoms with Gasteiger partial charge in [0, 0.05) is 24.2 Å². The minimum absolute atomic E-state index is 0.0687. The highest BCUT2D eigenvalue weighted by molar-refractivity contribution is 5.99. The molecule has 2 aromatic heterocycles. The quantitative estimate of drug-likeness (QED) is 0.760. The van der Waals surface area contributed by atoms with E-state index in [1.165, 1.54) is 0 Å². The normalized spacial score (nSPS) is 23.4. The SMILES string of the molecule is Cn1cc(-c2ccc3c(CO)nc(NC(=O)C45CC(C4)C5)cc3c2)cn1. The first-order valence-electron chi connectivity index (χ1n) is 8.91. The zero-order valence-corrected chi connectivity index (χ0v) is 14.6. The Bertz CT molecular complexity index is 1020. The van der Waals surface area contributed by atoms with Crippen LogP contribution in [0.2, 0.25) is 0 Å². The molecule has 1 aromatic carbocycles. The smallest absolute Gasteiger partial charge is 0.231 e. The molecule has 132 valence electrons. The average molecular weight is 348 g/mol. The molecule has 0 atom stereocenters. The summed E-state index contributed by atoms with van der Waals surface area (Å²) in [7, 11) is 1.89. The van der Waals surface area contributed by atoms with Crippen LogP contribution in [0.3, 0.4) is 0 Å². The Kier molecular flexibility index (Phi) is 3.21. The van der Waals surface area contributed by atoms with Crippen molar-refractivity contribution in [1.82, 2.24) is 14.8 Å². The van der Waals surface area contributed by atoms with E-state index in [9.17, 15) is 9.90 Å². The Morgan fingerprint density at radius 2 is 2.12 bits per heavy atom. The topological polar surface area (TPSA) is 80.0 Å². The number of aliphatic hydroxyl groups is 1. The van der Waals surface area contributed by atoms with Crippen molar-refractivity contribution in [2.75, 3.05) is 5.32 Å². The number of nitrogens with one attached hydrogen (secondary N) is 1. The number of rotatable bonds is 4. The van der Waals surface area contributed by atoms with Crippen LogP contribution in [0.15, 0.2) is 36.7 Å². The van der Waals surface area contributed by atoms with Crippen molar-refractivity contribution < 1.29 is 9.90 Å². The van der Waals surface area contributed by atoms with Gasteiger partial charge in [-0.25, -0.2) is 4.98 Å². The largest absolute Gasteiger partial charge is 0.390 e. The number of hydrogen-bond donors (Lipinski definition) is 2. The first-order chi connectivity index (χ1) is 12.6. The van der Waals surface area contributed by atoms with Crippen molar-refractivity contribution >= 4 is 22.5 Å². The van der Waals surface area contributed by atoms with Gasteiger partial charge in [-0.3, -0.25) is 9.48 Å². The van der Waals surface area contributed by atoms with E-state index < -0.39 is 0 Å². The molecule has 6 nitrogen and oxygen atoms in total. The number of nitrogens with zero attached hydrogens (tertiary/aromatic N) is 3. The Hall–Kier alpha value is -2.73. The van der Waals surface area contributed by atoms with Crippen LogP contribution in [0.25, 0.3) is 21.9 Å². The predicted octanol–water partition coefficient (Wildman–Crippen LogP) is 2.87. The summed E-state index contributed by atoms with van der Waals surface area (Å²) in [6, 6.07) is 7.89. The molecular weight excluding hydrogens is 328 g/mol. The van der Waals surface area contributed by atoms with Crippen LogP contribution in [0, 0.1) is 11.3 Å². The van der Waals surface area contributed by atoms with E-state index in [1.807, 2.05) is 43.7 Å². The Balaban J connectivity index is 1.53. The van der Waals surface area contributed by atoms with Crippen LogP contribution in [0.4, 0.5) is 5.82 Å². The lowest BCUT2D eigenvalue weighted by molar-refractivity contribution is -0.158. The Labute approximate surface area is 150 Å². The van der Waals surface area contributed by atoms with E-state index in [1.54, 1.807) is 4.68 Å². The number of carbonyl (C=O) groups excluding carboxylic acids is 1. The molecule has 2 N–H and O–H groups in total. The first kappa shape index (κ1) is 15.5. The number of carbonyl (C=O) groups is 1. The molecule has 3 fully saturated rings. The zero-order chi connectivity index (χ0) is 17.9. The van der Waals surface area contributed by atoms with Crippen molar-refractivity contribution in [3.8, 4) is 11.1 Å². The van der Waals surface area contributed by atoms with Gasteiger partial charge in [0.25, 0.3) is 0 Å². The minimum Gasteiger partial charge on any atom is -0.390 e. The lowest BCUT2D eigenvalue weighted by Crippen LogP contribution is -2.58.